The number of nitrogens with zero attached hydrogens (tertiary/aromatic N) is 3. The Hall–Kier alpha value is -2.22. The van der Waals surface area contributed by atoms with Crippen LogP contribution in [-0.4, -0.2) is 39.7 Å². The van der Waals surface area contributed by atoms with E-state index in [9.17, 15) is 4.79 Å². The molecule has 1 aromatic heterocycles. The van der Waals surface area contributed by atoms with Gasteiger partial charge in [0, 0.05) is 15.6 Å². The van der Waals surface area contributed by atoms with Gasteiger partial charge in [0.05, 0.1) is 18.6 Å². The van der Waals surface area contributed by atoms with Gasteiger partial charge in [-0.25, -0.2) is 0 Å². The Morgan fingerprint density at radius 1 is 1.14 bits per heavy atom. The Morgan fingerprint density at radius 3 is 2.64 bits per heavy atom. The van der Waals surface area contributed by atoms with Crippen LogP contribution in [0.5, 0.6) is 5.75 Å². The maximum Gasteiger partial charge on any atom is 0.316 e. The van der Waals surface area contributed by atoms with Gasteiger partial charge >= 0.3 is 5.97 Å². The molecule has 1 aliphatic carbocycles. The number of thioether (sulfide) groups is 1. The Labute approximate surface area is 226 Å². The molecule has 3 atom stereocenters. The third-order valence-electron chi connectivity index (χ3n) is 6.66. The molecule has 0 aliphatic heterocycles. The highest BCUT2D eigenvalue weighted by Gasteiger charge is 2.33. The van der Waals surface area contributed by atoms with Gasteiger partial charge in [-0.2, -0.15) is 0 Å². The summed E-state index contributed by atoms with van der Waals surface area (Å²) in [7, 11) is 1.59. The molecule has 1 aliphatic rings. The van der Waals surface area contributed by atoms with Gasteiger partial charge in [-0.1, -0.05) is 74.3 Å². The summed E-state index contributed by atoms with van der Waals surface area (Å²) in [6.07, 6.45) is 3.14. The molecule has 4 rings (SSSR count). The second-order valence-corrected chi connectivity index (χ2v) is 11.4. The van der Waals surface area contributed by atoms with Crippen molar-refractivity contribution >= 4 is 40.9 Å². The number of aromatic nitrogens is 3. The van der Waals surface area contributed by atoms with Crippen LogP contribution in [0.4, 0.5) is 0 Å². The zero-order chi connectivity index (χ0) is 25.8. The number of methoxy groups -OCH3 is 1. The first-order chi connectivity index (χ1) is 17.3. The predicted octanol–water partition coefficient (Wildman–Crippen LogP) is 7.35. The normalized spacial score (nSPS) is 19.9. The van der Waals surface area contributed by atoms with Crippen molar-refractivity contribution in [3.05, 3.63) is 52.5 Å². The lowest BCUT2D eigenvalue weighted by atomic mass is 9.75. The van der Waals surface area contributed by atoms with Crippen molar-refractivity contribution in [2.75, 3.05) is 12.9 Å². The molecular formula is C27H31Cl2N3O3S. The molecule has 0 radical (unpaired) electrons. The van der Waals surface area contributed by atoms with Crippen LogP contribution < -0.4 is 4.74 Å². The second kappa shape index (κ2) is 11.9. The number of ether oxygens (including phenoxy) is 2. The average Bonchev–Trinajstić information content (AvgIpc) is 3.26. The van der Waals surface area contributed by atoms with E-state index in [2.05, 4.69) is 31.0 Å². The fraction of sp³-hybridized carbons (Fsp3) is 0.444. The van der Waals surface area contributed by atoms with E-state index in [-0.39, 0.29) is 17.8 Å². The van der Waals surface area contributed by atoms with Gasteiger partial charge in [-0.05, 0) is 60.9 Å². The van der Waals surface area contributed by atoms with Crippen LogP contribution in [0.1, 0.15) is 40.0 Å². The zero-order valence-electron chi connectivity index (χ0n) is 20.9. The number of halogens is 2. The minimum absolute atomic E-state index is 0.0465. The van der Waals surface area contributed by atoms with Crippen LogP contribution in [0.25, 0.3) is 17.1 Å². The molecule has 6 nitrogen and oxygen atoms in total. The molecule has 0 bridgehead atoms. The van der Waals surface area contributed by atoms with Crippen molar-refractivity contribution in [3.8, 4) is 22.8 Å². The van der Waals surface area contributed by atoms with E-state index in [0.29, 0.717) is 50.2 Å². The largest absolute Gasteiger partial charge is 0.495 e. The first-order valence-electron chi connectivity index (χ1n) is 12.1. The molecule has 36 heavy (non-hydrogen) atoms. The van der Waals surface area contributed by atoms with Gasteiger partial charge < -0.3 is 9.47 Å². The fourth-order valence-corrected chi connectivity index (χ4v) is 5.89. The van der Waals surface area contributed by atoms with Gasteiger partial charge in [0.25, 0.3) is 0 Å². The summed E-state index contributed by atoms with van der Waals surface area (Å²) in [6.45, 7) is 6.63. The molecule has 0 N–H and O–H groups in total. The molecule has 3 aromatic rings. The molecule has 1 saturated carbocycles. The van der Waals surface area contributed by atoms with Gasteiger partial charge in [0.1, 0.15) is 11.9 Å². The Bertz CT molecular complexity index is 1220. The van der Waals surface area contributed by atoms with Crippen molar-refractivity contribution in [1.29, 1.82) is 0 Å². The standard InChI is InChI=1S/C27H31Cl2N3O3S/c1-16(2)21-10-8-17(3)12-24(21)35-25(33)15-36-27-31-30-26(18-6-5-7-19(28)13-18)32(27)22-14-20(29)9-11-23(22)34-4/h5-7,9,11,13-14,16-17,21,24H,8,10,12,15H2,1-4H3/t17-,21+,24-/m0/s1. The number of carbonyl (C=O) groups is 1. The van der Waals surface area contributed by atoms with Crippen LogP contribution in [0, 0.1) is 17.8 Å². The molecule has 0 saturated heterocycles. The lowest BCUT2D eigenvalue weighted by molar-refractivity contribution is -0.152. The quantitative estimate of drug-likeness (QED) is 0.217. The SMILES string of the molecule is COc1ccc(Cl)cc1-n1c(SCC(=O)O[C@H]2C[C@@H](C)CC[C@@H]2C(C)C)nnc1-c1cccc(Cl)c1. The maximum atomic E-state index is 12.9. The highest BCUT2D eigenvalue weighted by atomic mass is 35.5. The molecule has 1 fully saturated rings. The average molecular weight is 549 g/mol. The zero-order valence-corrected chi connectivity index (χ0v) is 23.2. The molecule has 0 spiro atoms. The highest BCUT2D eigenvalue weighted by molar-refractivity contribution is 7.99. The molecular weight excluding hydrogens is 517 g/mol. The van der Waals surface area contributed by atoms with E-state index in [0.717, 1.165) is 18.4 Å². The number of hydrogen-bond acceptors (Lipinski definition) is 6. The highest BCUT2D eigenvalue weighted by Crippen LogP contribution is 2.37. The van der Waals surface area contributed by atoms with Gasteiger partial charge in [0.15, 0.2) is 11.0 Å². The van der Waals surface area contributed by atoms with E-state index in [1.807, 2.05) is 22.8 Å². The van der Waals surface area contributed by atoms with E-state index < -0.39 is 0 Å². The van der Waals surface area contributed by atoms with Crippen molar-refractivity contribution in [1.82, 2.24) is 14.8 Å². The molecule has 1 heterocycles. The lowest BCUT2D eigenvalue weighted by Gasteiger charge is -2.36. The fourth-order valence-electron chi connectivity index (χ4n) is 4.81. The van der Waals surface area contributed by atoms with E-state index in [4.69, 9.17) is 32.7 Å². The topological polar surface area (TPSA) is 66.2 Å². The minimum Gasteiger partial charge on any atom is -0.495 e. The molecule has 192 valence electrons. The maximum absolute atomic E-state index is 12.9. The number of benzene rings is 2. The molecule has 2 aromatic carbocycles. The van der Waals surface area contributed by atoms with Gasteiger partial charge in [-0.3, -0.25) is 9.36 Å². The summed E-state index contributed by atoms with van der Waals surface area (Å²) in [4.78, 5) is 12.9. The van der Waals surface area contributed by atoms with E-state index >= 15 is 0 Å². The van der Waals surface area contributed by atoms with Gasteiger partial charge in [0.2, 0.25) is 0 Å². The minimum atomic E-state index is -0.248. The third-order valence-corrected chi connectivity index (χ3v) is 8.03. The van der Waals surface area contributed by atoms with Crippen LogP contribution in [0.3, 0.4) is 0 Å². The predicted molar refractivity (Wildman–Crippen MR) is 145 cm³/mol. The van der Waals surface area contributed by atoms with Crippen molar-refractivity contribution < 1.29 is 14.3 Å². The van der Waals surface area contributed by atoms with E-state index in [1.165, 1.54) is 18.2 Å². The third kappa shape index (κ3) is 6.18. The van der Waals surface area contributed by atoms with Crippen molar-refractivity contribution in [3.63, 3.8) is 0 Å². The number of hydrogen-bond donors (Lipinski definition) is 0. The van der Waals surface area contributed by atoms with Crippen LogP contribution in [0.15, 0.2) is 47.6 Å². The van der Waals surface area contributed by atoms with Gasteiger partial charge in [-0.15, -0.1) is 10.2 Å². The molecule has 0 unspecified atom stereocenters. The lowest BCUT2D eigenvalue weighted by Crippen LogP contribution is -2.36. The smallest absolute Gasteiger partial charge is 0.316 e. The summed E-state index contributed by atoms with van der Waals surface area (Å²) in [5, 5.41) is 10.5. The van der Waals surface area contributed by atoms with E-state index in [1.54, 1.807) is 31.4 Å². The molecule has 0 amide bonds. The van der Waals surface area contributed by atoms with Crippen LogP contribution in [0.2, 0.25) is 10.0 Å². The summed E-state index contributed by atoms with van der Waals surface area (Å²) in [5.41, 5.74) is 1.45. The number of esters is 1. The number of rotatable bonds is 8. The first kappa shape index (κ1) is 26.8. The summed E-state index contributed by atoms with van der Waals surface area (Å²) in [5.74, 6) is 2.46. The Kier molecular flexibility index (Phi) is 8.86. The Balaban J connectivity index is 1.61. The first-order valence-corrected chi connectivity index (χ1v) is 13.9. The van der Waals surface area contributed by atoms with Crippen molar-refractivity contribution in [2.24, 2.45) is 17.8 Å². The second-order valence-electron chi connectivity index (χ2n) is 9.61. The summed E-state index contributed by atoms with van der Waals surface area (Å²) >= 11 is 13.9. The summed E-state index contributed by atoms with van der Waals surface area (Å²) < 4.78 is 13.4. The molecule has 9 heteroatoms. The number of carbonyl (C=O) groups excluding carboxylic acids is 1. The van der Waals surface area contributed by atoms with Crippen LogP contribution in [-0.2, 0) is 9.53 Å². The Morgan fingerprint density at radius 2 is 1.92 bits per heavy atom. The van der Waals surface area contributed by atoms with Crippen molar-refractivity contribution in [2.45, 2.75) is 51.3 Å². The monoisotopic (exact) mass is 547 g/mol. The van der Waals surface area contributed by atoms with Crippen LogP contribution >= 0.6 is 35.0 Å². The summed E-state index contributed by atoms with van der Waals surface area (Å²) in [6, 6.07) is 12.7.